The number of benzene rings is 1. The van der Waals surface area contributed by atoms with Crippen LogP contribution < -0.4 is 9.47 Å². The Morgan fingerprint density at radius 3 is 2.22 bits per heavy atom. The first kappa shape index (κ1) is 12.9. The van der Waals surface area contributed by atoms with Crippen molar-refractivity contribution < 1.29 is 32.1 Å². The van der Waals surface area contributed by atoms with Gasteiger partial charge in [0.25, 0.3) is 0 Å². The van der Waals surface area contributed by atoms with Gasteiger partial charge in [-0.15, -0.1) is 0 Å². The van der Waals surface area contributed by atoms with E-state index in [0.29, 0.717) is 5.56 Å². The second-order valence-corrected chi connectivity index (χ2v) is 4.03. The number of ether oxygens (including phenoxy) is 2. The zero-order chi connectivity index (χ0) is 13.6. The van der Waals surface area contributed by atoms with Gasteiger partial charge in [0.05, 0.1) is 0 Å². The average molecular weight is 266 g/mol. The highest BCUT2D eigenvalue weighted by molar-refractivity contribution is 5.45. The van der Waals surface area contributed by atoms with E-state index in [1.54, 1.807) is 6.92 Å². The van der Waals surface area contributed by atoms with Crippen LogP contribution in [0, 0.1) is 0 Å². The van der Waals surface area contributed by atoms with E-state index in [-0.39, 0.29) is 12.5 Å². The summed E-state index contributed by atoms with van der Waals surface area (Å²) in [4.78, 5) is 0. The lowest BCUT2D eigenvalue weighted by atomic mass is 10.0. The van der Waals surface area contributed by atoms with Gasteiger partial charge in [0, 0.05) is 12.5 Å². The van der Waals surface area contributed by atoms with Gasteiger partial charge >= 0.3 is 12.2 Å². The van der Waals surface area contributed by atoms with Crippen molar-refractivity contribution in [1.82, 2.24) is 0 Å². The van der Waals surface area contributed by atoms with Gasteiger partial charge in [-0.3, -0.25) is 0 Å². The molecule has 0 bridgehead atoms. The molecule has 0 amide bonds. The van der Waals surface area contributed by atoms with Crippen molar-refractivity contribution >= 4 is 0 Å². The maximum absolute atomic E-state index is 12.9. The highest BCUT2D eigenvalue weighted by Crippen LogP contribution is 2.47. The molecule has 3 nitrogen and oxygen atoms in total. The van der Waals surface area contributed by atoms with E-state index >= 15 is 0 Å². The Bertz CT molecular complexity index is 462. The third-order valence-electron chi connectivity index (χ3n) is 2.63. The molecule has 0 fully saturated rings. The SMILES string of the molecule is CC(CO)c1ccc2c(c1)OC(F)(F)C(F)(F)O2. The predicted molar refractivity (Wildman–Crippen MR) is 53.1 cm³/mol. The molecule has 1 aliphatic rings. The van der Waals surface area contributed by atoms with Gasteiger partial charge in [0.2, 0.25) is 0 Å². The van der Waals surface area contributed by atoms with Gasteiger partial charge in [-0.2, -0.15) is 17.6 Å². The van der Waals surface area contributed by atoms with E-state index in [0.717, 1.165) is 12.1 Å². The summed E-state index contributed by atoms with van der Waals surface area (Å²) in [5.41, 5.74) is 0.487. The molecule has 1 heterocycles. The van der Waals surface area contributed by atoms with Crippen molar-refractivity contribution in [3.8, 4) is 11.5 Å². The molecule has 1 aromatic rings. The molecule has 18 heavy (non-hydrogen) atoms. The average Bonchev–Trinajstić information content (AvgIpc) is 2.28. The van der Waals surface area contributed by atoms with Crippen LogP contribution in [0.4, 0.5) is 17.6 Å². The highest BCUT2D eigenvalue weighted by Gasteiger charge is 2.65. The molecule has 0 spiro atoms. The smallest absolute Gasteiger partial charge is 0.421 e. The summed E-state index contributed by atoms with van der Waals surface area (Å²) in [7, 11) is 0. The minimum absolute atomic E-state index is 0.202. The van der Waals surface area contributed by atoms with Crippen molar-refractivity contribution in [3.05, 3.63) is 23.8 Å². The molecule has 2 rings (SSSR count). The Kier molecular flexibility index (Phi) is 2.89. The van der Waals surface area contributed by atoms with Crippen LogP contribution in [0.3, 0.4) is 0 Å². The monoisotopic (exact) mass is 266 g/mol. The number of rotatable bonds is 2. The van der Waals surface area contributed by atoms with Crippen LogP contribution in [-0.2, 0) is 0 Å². The van der Waals surface area contributed by atoms with Crippen LogP contribution in [0.15, 0.2) is 18.2 Å². The minimum Gasteiger partial charge on any atom is -0.421 e. The lowest BCUT2D eigenvalue weighted by Crippen LogP contribution is -2.52. The summed E-state index contributed by atoms with van der Waals surface area (Å²) >= 11 is 0. The summed E-state index contributed by atoms with van der Waals surface area (Å²) in [6.07, 6.45) is -9.43. The Morgan fingerprint density at radius 2 is 1.67 bits per heavy atom. The number of aliphatic hydroxyl groups excluding tert-OH is 1. The molecular weight excluding hydrogens is 256 g/mol. The molecule has 1 atom stereocenters. The number of alkyl halides is 4. The van der Waals surface area contributed by atoms with Gasteiger partial charge in [-0.05, 0) is 17.7 Å². The van der Waals surface area contributed by atoms with E-state index in [1.807, 2.05) is 0 Å². The first-order valence-electron chi connectivity index (χ1n) is 5.15. The number of halogens is 4. The number of hydrogen-bond donors (Lipinski definition) is 1. The summed E-state index contributed by atoms with van der Waals surface area (Å²) in [5, 5.41) is 8.94. The summed E-state index contributed by atoms with van der Waals surface area (Å²) in [5.74, 6) is -1.25. The number of hydrogen-bond acceptors (Lipinski definition) is 3. The molecule has 0 saturated carbocycles. The van der Waals surface area contributed by atoms with Gasteiger partial charge in [-0.25, -0.2) is 0 Å². The normalized spacial score (nSPS) is 21.4. The summed E-state index contributed by atoms with van der Waals surface area (Å²) in [6, 6.07) is 3.67. The van der Waals surface area contributed by atoms with Gasteiger partial charge in [0.1, 0.15) is 0 Å². The number of aliphatic hydroxyl groups is 1. The Hall–Kier alpha value is -1.50. The lowest BCUT2D eigenvalue weighted by molar-refractivity contribution is -0.391. The third-order valence-corrected chi connectivity index (χ3v) is 2.63. The van der Waals surface area contributed by atoms with Crippen LogP contribution >= 0.6 is 0 Å². The summed E-state index contributed by atoms with van der Waals surface area (Å²) < 4.78 is 59.5. The molecule has 100 valence electrons. The largest absolute Gasteiger partial charge is 0.507 e. The van der Waals surface area contributed by atoms with Crippen molar-refractivity contribution in [2.45, 2.75) is 25.1 Å². The number of fused-ring (bicyclic) bond motifs is 1. The quantitative estimate of drug-likeness (QED) is 0.836. The van der Waals surface area contributed by atoms with E-state index in [4.69, 9.17) is 5.11 Å². The Balaban J connectivity index is 2.39. The van der Waals surface area contributed by atoms with Crippen molar-refractivity contribution in [3.63, 3.8) is 0 Å². The Morgan fingerprint density at radius 1 is 1.11 bits per heavy atom. The molecule has 0 radical (unpaired) electrons. The molecule has 0 aromatic heterocycles. The molecular formula is C11H10F4O3. The van der Waals surface area contributed by atoms with Crippen LogP contribution in [0.1, 0.15) is 18.4 Å². The highest BCUT2D eigenvalue weighted by atomic mass is 19.3. The molecule has 7 heteroatoms. The van der Waals surface area contributed by atoms with Crippen LogP contribution in [0.2, 0.25) is 0 Å². The van der Waals surface area contributed by atoms with Crippen molar-refractivity contribution in [2.75, 3.05) is 6.61 Å². The fourth-order valence-corrected chi connectivity index (χ4v) is 1.50. The fraction of sp³-hybridized carbons (Fsp3) is 0.455. The fourth-order valence-electron chi connectivity index (χ4n) is 1.50. The van der Waals surface area contributed by atoms with Gasteiger partial charge in [0.15, 0.2) is 11.5 Å². The van der Waals surface area contributed by atoms with Crippen LogP contribution in [-0.4, -0.2) is 23.9 Å². The molecule has 1 aliphatic heterocycles. The van der Waals surface area contributed by atoms with E-state index in [2.05, 4.69) is 9.47 Å². The van der Waals surface area contributed by atoms with Gasteiger partial charge in [-0.1, -0.05) is 13.0 Å². The topological polar surface area (TPSA) is 38.7 Å². The van der Waals surface area contributed by atoms with Crippen molar-refractivity contribution in [1.29, 1.82) is 0 Å². The molecule has 1 unspecified atom stereocenters. The van der Waals surface area contributed by atoms with E-state index in [1.165, 1.54) is 6.07 Å². The Labute approximate surface area is 99.9 Å². The molecule has 1 aromatic carbocycles. The van der Waals surface area contributed by atoms with Crippen LogP contribution in [0.25, 0.3) is 0 Å². The maximum atomic E-state index is 12.9. The molecule has 1 N–H and O–H groups in total. The zero-order valence-electron chi connectivity index (χ0n) is 9.29. The molecule has 0 saturated heterocycles. The zero-order valence-corrected chi connectivity index (χ0v) is 9.29. The van der Waals surface area contributed by atoms with E-state index < -0.39 is 23.7 Å². The second-order valence-electron chi connectivity index (χ2n) is 4.03. The molecule has 0 aliphatic carbocycles. The first-order valence-corrected chi connectivity index (χ1v) is 5.15. The lowest BCUT2D eigenvalue weighted by Gasteiger charge is -2.32. The van der Waals surface area contributed by atoms with Gasteiger partial charge < -0.3 is 14.6 Å². The predicted octanol–water partition coefficient (Wildman–Crippen LogP) is 2.74. The van der Waals surface area contributed by atoms with E-state index in [9.17, 15) is 17.6 Å². The minimum atomic E-state index is -4.72. The standard InChI is InChI=1S/C11H10F4O3/c1-6(5-16)7-2-3-8-9(4-7)18-11(14,15)10(12,13)17-8/h2-4,6,16H,5H2,1H3. The maximum Gasteiger partial charge on any atom is 0.507 e. The first-order chi connectivity index (χ1) is 8.27. The third kappa shape index (κ3) is 1.98. The summed E-state index contributed by atoms with van der Waals surface area (Å²) in [6.45, 7) is 1.45. The van der Waals surface area contributed by atoms with Crippen molar-refractivity contribution in [2.24, 2.45) is 0 Å². The second kappa shape index (κ2) is 4.01. The van der Waals surface area contributed by atoms with Crippen LogP contribution in [0.5, 0.6) is 11.5 Å².